The summed E-state index contributed by atoms with van der Waals surface area (Å²) in [6.07, 6.45) is 4.82. The third-order valence-corrected chi connectivity index (χ3v) is 3.23. The lowest BCUT2D eigenvalue weighted by Gasteiger charge is -2.09. The zero-order valence-corrected chi connectivity index (χ0v) is 12.2. The summed E-state index contributed by atoms with van der Waals surface area (Å²) in [6.45, 7) is 0. The first-order valence-corrected chi connectivity index (χ1v) is 6.94. The molecule has 0 unspecified atom stereocenters. The minimum Gasteiger partial charge on any atom is -0.323 e. The van der Waals surface area contributed by atoms with Gasteiger partial charge in [-0.15, -0.1) is 0 Å². The van der Waals surface area contributed by atoms with Gasteiger partial charge in [-0.2, -0.15) is 5.10 Å². The predicted molar refractivity (Wildman–Crippen MR) is 82.9 cm³/mol. The summed E-state index contributed by atoms with van der Waals surface area (Å²) in [6, 6.07) is 10.7. The Balaban J connectivity index is 1.76. The van der Waals surface area contributed by atoms with Gasteiger partial charge in [0.15, 0.2) is 5.82 Å². The summed E-state index contributed by atoms with van der Waals surface area (Å²) in [5.41, 5.74) is 1.46. The van der Waals surface area contributed by atoms with Gasteiger partial charge >= 0.3 is 0 Å². The van der Waals surface area contributed by atoms with Crippen molar-refractivity contribution in [3.05, 3.63) is 65.8 Å². The number of aromatic nitrogens is 4. The SMILES string of the molecule is O=C(Cc1ccc(Cl)cc1)Nc1cccnc1-n1cncn1. The third-order valence-electron chi connectivity index (χ3n) is 2.97. The Kier molecular flexibility index (Phi) is 4.11. The maximum Gasteiger partial charge on any atom is 0.228 e. The second-order valence-corrected chi connectivity index (χ2v) is 5.00. The van der Waals surface area contributed by atoms with Crippen LogP contribution in [0.2, 0.25) is 5.02 Å². The van der Waals surface area contributed by atoms with E-state index < -0.39 is 0 Å². The largest absolute Gasteiger partial charge is 0.323 e. The Morgan fingerprint density at radius 3 is 2.77 bits per heavy atom. The van der Waals surface area contributed by atoms with Crippen LogP contribution in [0.4, 0.5) is 5.69 Å². The van der Waals surface area contributed by atoms with Gasteiger partial charge in [0.1, 0.15) is 12.7 Å². The number of hydrogen-bond donors (Lipinski definition) is 1. The molecule has 0 saturated heterocycles. The van der Waals surface area contributed by atoms with Gasteiger partial charge in [-0.25, -0.2) is 14.6 Å². The van der Waals surface area contributed by atoms with Crippen molar-refractivity contribution in [1.29, 1.82) is 0 Å². The molecule has 2 heterocycles. The van der Waals surface area contributed by atoms with Gasteiger partial charge in [0, 0.05) is 11.2 Å². The maximum absolute atomic E-state index is 12.2. The van der Waals surface area contributed by atoms with Crippen molar-refractivity contribution in [2.45, 2.75) is 6.42 Å². The van der Waals surface area contributed by atoms with Crippen LogP contribution in [0, 0.1) is 0 Å². The Hall–Kier alpha value is -2.73. The molecule has 0 radical (unpaired) electrons. The van der Waals surface area contributed by atoms with E-state index in [0.717, 1.165) is 5.56 Å². The zero-order valence-electron chi connectivity index (χ0n) is 11.5. The molecule has 3 rings (SSSR count). The number of rotatable bonds is 4. The van der Waals surface area contributed by atoms with Gasteiger partial charge in [-0.3, -0.25) is 4.79 Å². The van der Waals surface area contributed by atoms with Crippen LogP contribution in [-0.4, -0.2) is 25.7 Å². The smallest absolute Gasteiger partial charge is 0.228 e. The lowest BCUT2D eigenvalue weighted by molar-refractivity contribution is -0.115. The molecular formula is C15H12ClN5O. The number of nitrogens with one attached hydrogen (secondary N) is 1. The average Bonchev–Trinajstić information content (AvgIpc) is 3.04. The van der Waals surface area contributed by atoms with Crippen LogP contribution in [0.5, 0.6) is 0 Å². The van der Waals surface area contributed by atoms with Gasteiger partial charge in [0.25, 0.3) is 0 Å². The first kappa shape index (κ1) is 14.2. The molecule has 0 aliphatic carbocycles. The molecule has 1 amide bonds. The molecule has 3 aromatic rings. The van der Waals surface area contributed by atoms with Gasteiger partial charge < -0.3 is 5.32 Å². The average molecular weight is 314 g/mol. The molecule has 1 aromatic carbocycles. The molecule has 22 heavy (non-hydrogen) atoms. The van der Waals surface area contributed by atoms with Gasteiger partial charge in [0.05, 0.1) is 12.1 Å². The highest BCUT2D eigenvalue weighted by Gasteiger charge is 2.10. The Morgan fingerprint density at radius 2 is 2.05 bits per heavy atom. The Labute approximate surface area is 131 Å². The fraction of sp³-hybridized carbons (Fsp3) is 0.0667. The summed E-state index contributed by atoms with van der Waals surface area (Å²) in [7, 11) is 0. The first-order chi connectivity index (χ1) is 10.7. The van der Waals surface area contributed by atoms with Gasteiger partial charge in [-0.05, 0) is 29.8 Å². The molecule has 2 aromatic heterocycles. The van der Waals surface area contributed by atoms with Crippen molar-refractivity contribution in [3.63, 3.8) is 0 Å². The number of pyridine rings is 1. The number of benzene rings is 1. The van der Waals surface area contributed by atoms with Crippen LogP contribution in [-0.2, 0) is 11.2 Å². The summed E-state index contributed by atoms with van der Waals surface area (Å²) in [5, 5.41) is 7.51. The molecule has 0 saturated carbocycles. The highest BCUT2D eigenvalue weighted by Crippen LogP contribution is 2.16. The topological polar surface area (TPSA) is 72.7 Å². The van der Waals surface area contributed by atoms with Crippen molar-refractivity contribution in [3.8, 4) is 5.82 Å². The number of nitrogens with zero attached hydrogens (tertiary/aromatic N) is 4. The second kappa shape index (κ2) is 6.36. The number of halogens is 1. The van der Waals surface area contributed by atoms with E-state index in [0.29, 0.717) is 16.5 Å². The molecule has 0 spiro atoms. The summed E-state index contributed by atoms with van der Waals surface area (Å²) in [5.74, 6) is 0.376. The molecule has 110 valence electrons. The molecule has 0 aliphatic heterocycles. The number of anilines is 1. The van der Waals surface area contributed by atoms with E-state index in [2.05, 4.69) is 20.4 Å². The quantitative estimate of drug-likeness (QED) is 0.803. The van der Waals surface area contributed by atoms with Crippen LogP contribution in [0.15, 0.2) is 55.2 Å². The van der Waals surface area contributed by atoms with E-state index >= 15 is 0 Å². The molecule has 1 N–H and O–H groups in total. The van der Waals surface area contributed by atoms with Crippen LogP contribution >= 0.6 is 11.6 Å². The fourth-order valence-electron chi connectivity index (χ4n) is 1.98. The molecule has 0 aliphatic rings. The minimum absolute atomic E-state index is 0.142. The molecular weight excluding hydrogens is 302 g/mol. The Morgan fingerprint density at radius 1 is 1.23 bits per heavy atom. The predicted octanol–water partition coefficient (Wildman–Crippen LogP) is 2.50. The first-order valence-electron chi connectivity index (χ1n) is 6.57. The molecule has 0 atom stereocenters. The number of carbonyl (C=O) groups excluding carboxylic acids is 1. The lowest BCUT2D eigenvalue weighted by Crippen LogP contribution is -2.16. The number of hydrogen-bond acceptors (Lipinski definition) is 4. The molecule has 0 fully saturated rings. The van der Waals surface area contributed by atoms with Crippen LogP contribution in [0.25, 0.3) is 5.82 Å². The summed E-state index contributed by atoms with van der Waals surface area (Å²) >= 11 is 5.83. The normalized spacial score (nSPS) is 10.4. The van der Waals surface area contributed by atoms with E-state index in [-0.39, 0.29) is 12.3 Å². The third kappa shape index (κ3) is 3.29. The van der Waals surface area contributed by atoms with Crippen molar-refractivity contribution >= 4 is 23.2 Å². The lowest BCUT2D eigenvalue weighted by atomic mass is 10.1. The zero-order chi connectivity index (χ0) is 15.4. The fourth-order valence-corrected chi connectivity index (χ4v) is 2.10. The van der Waals surface area contributed by atoms with Crippen LogP contribution < -0.4 is 5.32 Å². The number of amides is 1. The monoisotopic (exact) mass is 313 g/mol. The molecule has 0 bridgehead atoms. The molecule has 7 heteroatoms. The standard InChI is InChI=1S/C15H12ClN5O/c16-12-5-3-11(4-6-12)8-14(22)20-13-2-1-7-18-15(13)21-10-17-9-19-21/h1-7,9-10H,8H2,(H,20,22). The van der Waals surface area contributed by atoms with Crippen molar-refractivity contribution in [2.24, 2.45) is 0 Å². The van der Waals surface area contributed by atoms with E-state index in [1.165, 1.54) is 17.3 Å². The Bertz CT molecular complexity index is 771. The highest BCUT2D eigenvalue weighted by molar-refractivity contribution is 6.30. The van der Waals surface area contributed by atoms with E-state index in [4.69, 9.17) is 11.6 Å². The van der Waals surface area contributed by atoms with E-state index in [1.54, 1.807) is 30.5 Å². The van der Waals surface area contributed by atoms with Crippen molar-refractivity contribution < 1.29 is 4.79 Å². The summed E-state index contributed by atoms with van der Waals surface area (Å²) < 4.78 is 1.50. The maximum atomic E-state index is 12.2. The summed E-state index contributed by atoms with van der Waals surface area (Å²) in [4.78, 5) is 20.3. The highest BCUT2D eigenvalue weighted by atomic mass is 35.5. The van der Waals surface area contributed by atoms with Gasteiger partial charge in [0.2, 0.25) is 5.91 Å². The van der Waals surface area contributed by atoms with Crippen LogP contribution in [0.1, 0.15) is 5.56 Å². The van der Waals surface area contributed by atoms with E-state index in [1.807, 2.05) is 12.1 Å². The van der Waals surface area contributed by atoms with Gasteiger partial charge in [-0.1, -0.05) is 23.7 Å². The second-order valence-electron chi connectivity index (χ2n) is 4.57. The van der Waals surface area contributed by atoms with Crippen molar-refractivity contribution in [1.82, 2.24) is 19.7 Å². The van der Waals surface area contributed by atoms with Crippen molar-refractivity contribution in [2.75, 3.05) is 5.32 Å². The van der Waals surface area contributed by atoms with E-state index in [9.17, 15) is 4.79 Å². The van der Waals surface area contributed by atoms with Crippen LogP contribution in [0.3, 0.4) is 0 Å². The molecule has 6 nitrogen and oxygen atoms in total. The number of carbonyl (C=O) groups is 1. The minimum atomic E-state index is -0.142.